The van der Waals surface area contributed by atoms with E-state index in [1.54, 1.807) is 13.8 Å². The predicted molar refractivity (Wildman–Crippen MR) is 67.2 cm³/mol. The van der Waals surface area contributed by atoms with Gasteiger partial charge in [0.15, 0.2) is 0 Å². The number of rotatable bonds is 5. The average Bonchev–Trinajstić information content (AvgIpc) is 2.36. The highest BCUT2D eigenvalue weighted by molar-refractivity contribution is 7.89. The van der Waals surface area contributed by atoms with Gasteiger partial charge in [0, 0.05) is 6.54 Å². The first kappa shape index (κ1) is 14.6. The topological polar surface area (TPSA) is 90.2 Å². The van der Waals surface area contributed by atoms with E-state index in [0.29, 0.717) is 5.56 Å². The zero-order valence-electron chi connectivity index (χ0n) is 10.3. The fourth-order valence-corrected chi connectivity index (χ4v) is 2.27. The molecule has 0 aliphatic rings. The van der Waals surface area contributed by atoms with Crippen molar-refractivity contribution in [2.24, 2.45) is 5.92 Å². The van der Waals surface area contributed by atoms with E-state index >= 15 is 0 Å². The summed E-state index contributed by atoms with van der Waals surface area (Å²) in [7, 11) is -3.63. The molecule has 98 valence electrons. The van der Waals surface area contributed by atoms with Crippen molar-refractivity contribution < 1.29 is 13.5 Å². The van der Waals surface area contributed by atoms with Gasteiger partial charge in [-0.25, -0.2) is 13.1 Å². The standard InChI is InChI=1S/C12H16N2O3S/c1-9(2)12(15)8-14-18(16,17)11-5-3-10(7-13)4-6-11/h3-6,9,12,14-15H,8H2,1-2H3. The second-order valence-corrected chi connectivity index (χ2v) is 6.07. The molecule has 1 rings (SSSR count). The van der Waals surface area contributed by atoms with Crippen LogP contribution in [-0.2, 0) is 10.0 Å². The van der Waals surface area contributed by atoms with Gasteiger partial charge in [-0.15, -0.1) is 0 Å². The van der Waals surface area contributed by atoms with Crippen LogP contribution in [0.2, 0.25) is 0 Å². The minimum absolute atomic E-state index is 0.0198. The maximum absolute atomic E-state index is 11.9. The van der Waals surface area contributed by atoms with Gasteiger partial charge in [-0.1, -0.05) is 13.8 Å². The smallest absolute Gasteiger partial charge is 0.240 e. The summed E-state index contributed by atoms with van der Waals surface area (Å²) < 4.78 is 26.0. The normalized spacial score (nSPS) is 13.3. The molecule has 0 aromatic heterocycles. The molecule has 0 aliphatic heterocycles. The average molecular weight is 268 g/mol. The number of hydrogen-bond donors (Lipinski definition) is 2. The lowest BCUT2D eigenvalue weighted by atomic mass is 10.1. The van der Waals surface area contributed by atoms with E-state index in [4.69, 9.17) is 5.26 Å². The molecule has 1 unspecified atom stereocenters. The van der Waals surface area contributed by atoms with Crippen LogP contribution in [-0.4, -0.2) is 26.2 Å². The quantitative estimate of drug-likeness (QED) is 0.828. The number of nitrogens with one attached hydrogen (secondary N) is 1. The lowest BCUT2D eigenvalue weighted by Gasteiger charge is -2.15. The molecule has 1 aromatic rings. The highest BCUT2D eigenvalue weighted by atomic mass is 32.2. The van der Waals surface area contributed by atoms with Crippen LogP contribution in [0.1, 0.15) is 19.4 Å². The van der Waals surface area contributed by atoms with Crippen LogP contribution in [0.3, 0.4) is 0 Å². The van der Waals surface area contributed by atoms with Crippen molar-refractivity contribution in [3.8, 4) is 6.07 Å². The van der Waals surface area contributed by atoms with Crippen molar-refractivity contribution in [2.45, 2.75) is 24.8 Å². The second kappa shape index (κ2) is 5.96. The Bertz CT molecular complexity index is 529. The lowest BCUT2D eigenvalue weighted by Crippen LogP contribution is -2.34. The van der Waals surface area contributed by atoms with Crippen LogP contribution >= 0.6 is 0 Å². The van der Waals surface area contributed by atoms with Crippen LogP contribution in [0, 0.1) is 17.2 Å². The van der Waals surface area contributed by atoms with Gasteiger partial charge in [0.1, 0.15) is 0 Å². The third kappa shape index (κ3) is 3.81. The molecule has 0 saturated carbocycles. The van der Waals surface area contributed by atoms with Gasteiger partial charge in [0.25, 0.3) is 0 Å². The zero-order valence-corrected chi connectivity index (χ0v) is 11.1. The Kier molecular flexibility index (Phi) is 4.84. The molecular weight excluding hydrogens is 252 g/mol. The Morgan fingerprint density at radius 2 is 1.89 bits per heavy atom. The summed E-state index contributed by atoms with van der Waals surface area (Å²) in [4.78, 5) is 0.0810. The van der Waals surface area contributed by atoms with E-state index in [-0.39, 0.29) is 17.4 Å². The molecule has 2 N–H and O–H groups in total. The van der Waals surface area contributed by atoms with Crippen molar-refractivity contribution in [1.29, 1.82) is 5.26 Å². The number of benzene rings is 1. The Balaban J connectivity index is 2.77. The number of hydrogen-bond acceptors (Lipinski definition) is 4. The molecule has 0 spiro atoms. The van der Waals surface area contributed by atoms with Crippen LogP contribution in [0.25, 0.3) is 0 Å². The predicted octanol–water partition coefficient (Wildman–Crippen LogP) is 0.853. The van der Waals surface area contributed by atoms with Crippen molar-refractivity contribution >= 4 is 10.0 Å². The van der Waals surface area contributed by atoms with Crippen molar-refractivity contribution in [3.05, 3.63) is 29.8 Å². The van der Waals surface area contributed by atoms with Gasteiger partial charge in [0.2, 0.25) is 10.0 Å². The molecule has 0 amide bonds. The summed E-state index contributed by atoms with van der Waals surface area (Å²) in [6, 6.07) is 7.52. The Morgan fingerprint density at radius 3 is 2.33 bits per heavy atom. The molecule has 0 aliphatic carbocycles. The highest BCUT2D eigenvalue weighted by Gasteiger charge is 2.17. The van der Waals surface area contributed by atoms with Crippen LogP contribution < -0.4 is 4.72 Å². The van der Waals surface area contributed by atoms with Gasteiger partial charge in [0.05, 0.1) is 22.6 Å². The van der Waals surface area contributed by atoms with Crippen molar-refractivity contribution in [1.82, 2.24) is 4.72 Å². The van der Waals surface area contributed by atoms with E-state index < -0.39 is 16.1 Å². The van der Waals surface area contributed by atoms with Crippen molar-refractivity contribution in [2.75, 3.05) is 6.54 Å². The highest BCUT2D eigenvalue weighted by Crippen LogP contribution is 2.10. The molecular formula is C12H16N2O3S. The number of aliphatic hydroxyl groups is 1. The summed E-state index contributed by atoms with van der Waals surface area (Å²) in [5, 5.41) is 18.2. The zero-order chi connectivity index (χ0) is 13.8. The van der Waals surface area contributed by atoms with E-state index in [2.05, 4.69) is 4.72 Å². The van der Waals surface area contributed by atoms with E-state index in [0.717, 1.165) is 0 Å². The maximum Gasteiger partial charge on any atom is 0.240 e. The van der Waals surface area contributed by atoms with Crippen LogP contribution in [0.5, 0.6) is 0 Å². The van der Waals surface area contributed by atoms with E-state index in [9.17, 15) is 13.5 Å². The fourth-order valence-electron chi connectivity index (χ4n) is 1.22. The fraction of sp³-hybridized carbons (Fsp3) is 0.417. The van der Waals surface area contributed by atoms with Gasteiger partial charge in [-0.05, 0) is 30.2 Å². The third-order valence-electron chi connectivity index (χ3n) is 2.55. The Hall–Kier alpha value is -1.42. The maximum atomic E-state index is 11.9. The first-order chi connectivity index (χ1) is 8.36. The molecule has 0 heterocycles. The summed E-state index contributed by atoms with van der Waals surface area (Å²) in [6.07, 6.45) is -0.724. The molecule has 18 heavy (non-hydrogen) atoms. The van der Waals surface area contributed by atoms with Gasteiger partial charge >= 0.3 is 0 Å². The van der Waals surface area contributed by atoms with Gasteiger partial charge in [-0.2, -0.15) is 5.26 Å². The number of nitrogens with zero attached hydrogens (tertiary/aromatic N) is 1. The lowest BCUT2D eigenvalue weighted by molar-refractivity contribution is 0.129. The van der Waals surface area contributed by atoms with E-state index in [1.165, 1.54) is 24.3 Å². The number of sulfonamides is 1. The Labute approximate surface area is 107 Å². The summed E-state index contributed by atoms with van der Waals surface area (Å²) in [6.45, 7) is 3.58. The molecule has 0 saturated heterocycles. The molecule has 6 heteroatoms. The van der Waals surface area contributed by atoms with Crippen LogP contribution in [0.15, 0.2) is 29.2 Å². The molecule has 5 nitrogen and oxygen atoms in total. The minimum Gasteiger partial charge on any atom is -0.391 e. The monoisotopic (exact) mass is 268 g/mol. The minimum atomic E-state index is -3.63. The number of aliphatic hydroxyl groups excluding tert-OH is 1. The first-order valence-electron chi connectivity index (χ1n) is 5.54. The largest absolute Gasteiger partial charge is 0.391 e. The summed E-state index contributed by atoms with van der Waals surface area (Å²) in [5.41, 5.74) is 0.399. The number of nitriles is 1. The second-order valence-electron chi connectivity index (χ2n) is 4.30. The Morgan fingerprint density at radius 1 is 1.33 bits per heavy atom. The summed E-state index contributed by atoms with van der Waals surface area (Å²) in [5.74, 6) is -0.0198. The third-order valence-corrected chi connectivity index (χ3v) is 3.99. The van der Waals surface area contributed by atoms with Gasteiger partial charge < -0.3 is 5.11 Å². The van der Waals surface area contributed by atoms with Gasteiger partial charge in [-0.3, -0.25) is 0 Å². The molecule has 1 atom stereocenters. The molecule has 0 bridgehead atoms. The molecule has 0 fully saturated rings. The van der Waals surface area contributed by atoms with Crippen LogP contribution in [0.4, 0.5) is 0 Å². The SMILES string of the molecule is CC(C)C(O)CNS(=O)(=O)c1ccc(C#N)cc1. The van der Waals surface area contributed by atoms with Crippen molar-refractivity contribution in [3.63, 3.8) is 0 Å². The molecule has 0 radical (unpaired) electrons. The molecule has 1 aromatic carbocycles. The first-order valence-corrected chi connectivity index (χ1v) is 7.03. The van der Waals surface area contributed by atoms with E-state index in [1.807, 2.05) is 6.07 Å². The summed E-state index contributed by atoms with van der Waals surface area (Å²) >= 11 is 0.